The molecule has 0 radical (unpaired) electrons. The van der Waals surface area contributed by atoms with Gasteiger partial charge in [-0.25, -0.2) is 4.79 Å². The van der Waals surface area contributed by atoms with Gasteiger partial charge in [-0.2, -0.15) is 5.26 Å². The molecule has 0 amide bonds. The van der Waals surface area contributed by atoms with E-state index >= 15 is 0 Å². The topological polar surface area (TPSA) is 104 Å². The lowest BCUT2D eigenvalue weighted by atomic mass is 9.83. The Hall–Kier alpha value is -3.14. The summed E-state index contributed by atoms with van der Waals surface area (Å²) in [5, 5.41) is 9.63. The van der Waals surface area contributed by atoms with Gasteiger partial charge in [0.2, 0.25) is 5.88 Å². The van der Waals surface area contributed by atoms with Crippen LogP contribution in [0.15, 0.2) is 41.0 Å². The normalized spacial score (nSPS) is 16.7. The Labute approximate surface area is 159 Å². The molecule has 27 heavy (non-hydrogen) atoms. The fraction of sp³-hybridized carbons (Fsp3) is 0.400. The summed E-state index contributed by atoms with van der Waals surface area (Å²) in [6.07, 6.45) is -0.0818. The molecule has 144 valence electrons. The third-order valence-electron chi connectivity index (χ3n) is 3.98. The van der Waals surface area contributed by atoms with Gasteiger partial charge in [-0.3, -0.25) is 0 Å². The summed E-state index contributed by atoms with van der Waals surface area (Å²) in [6, 6.07) is 7.29. The van der Waals surface area contributed by atoms with E-state index in [1.807, 2.05) is 13.8 Å². The summed E-state index contributed by atoms with van der Waals surface area (Å²) < 4.78 is 21.7. The molecule has 7 heteroatoms. The lowest BCUT2D eigenvalue weighted by molar-refractivity contribution is -0.139. The molecule has 1 aliphatic heterocycles. The fourth-order valence-corrected chi connectivity index (χ4v) is 2.91. The van der Waals surface area contributed by atoms with Crippen LogP contribution in [0.3, 0.4) is 0 Å². The molecule has 1 atom stereocenters. The highest BCUT2D eigenvalue weighted by molar-refractivity contribution is 5.92. The first-order valence-electron chi connectivity index (χ1n) is 8.64. The molecule has 2 rings (SSSR count). The fourth-order valence-electron chi connectivity index (χ4n) is 2.91. The van der Waals surface area contributed by atoms with Gasteiger partial charge >= 0.3 is 5.97 Å². The minimum atomic E-state index is -0.719. The van der Waals surface area contributed by atoms with E-state index in [0.717, 1.165) is 0 Å². The number of nitrogens with zero attached hydrogens (tertiary/aromatic N) is 1. The number of methoxy groups -OCH3 is 1. The molecular weight excluding hydrogens is 348 g/mol. The van der Waals surface area contributed by atoms with Gasteiger partial charge in [0.05, 0.1) is 31.3 Å². The molecule has 1 aromatic rings. The second-order valence-corrected chi connectivity index (χ2v) is 6.19. The first-order chi connectivity index (χ1) is 12.8. The molecule has 1 unspecified atom stereocenters. The molecule has 0 fully saturated rings. The van der Waals surface area contributed by atoms with Crippen molar-refractivity contribution in [2.75, 3.05) is 13.7 Å². The molecule has 7 nitrogen and oxygen atoms in total. The van der Waals surface area contributed by atoms with E-state index in [9.17, 15) is 10.1 Å². The average Bonchev–Trinajstić information content (AvgIpc) is 2.60. The number of esters is 1. The van der Waals surface area contributed by atoms with Crippen LogP contribution in [-0.4, -0.2) is 25.8 Å². The van der Waals surface area contributed by atoms with Crippen LogP contribution >= 0.6 is 0 Å². The van der Waals surface area contributed by atoms with Crippen LogP contribution in [0, 0.1) is 11.3 Å². The Morgan fingerprint density at radius 2 is 2.07 bits per heavy atom. The molecule has 0 saturated heterocycles. The van der Waals surface area contributed by atoms with E-state index in [-0.39, 0.29) is 29.7 Å². The number of benzene rings is 1. The van der Waals surface area contributed by atoms with Crippen LogP contribution in [0.5, 0.6) is 11.5 Å². The highest BCUT2D eigenvalue weighted by Gasteiger charge is 2.36. The number of nitrogens with two attached hydrogens (primary N) is 1. The zero-order valence-corrected chi connectivity index (χ0v) is 16.2. The lowest BCUT2D eigenvalue weighted by Crippen LogP contribution is -2.25. The van der Waals surface area contributed by atoms with Crippen LogP contribution in [0.25, 0.3) is 0 Å². The number of allylic oxidation sites excluding steroid dienone is 2. The zero-order chi connectivity index (χ0) is 20.1. The number of ether oxygens (including phenoxy) is 4. The monoisotopic (exact) mass is 372 g/mol. The Morgan fingerprint density at radius 3 is 2.63 bits per heavy atom. The van der Waals surface area contributed by atoms with Crippen molar-refractivity contribution < 1.29 is 23.7 Å². The molecule has 0 saturated carbocycles. The summed E-state index contributed by atoms with van der Waals surface area (Å²) in [5.41, 5.74) is 6.94. The van der Waals surface area contributed by atoms with Gasteiger partial charge in [0, 0.05) is 0 Å². The minimum Gasteiger partial charge on any atom is -0.493 e. The van der Waals surface area contributed by atoms with Crippen molar-refractivity contribution in [1.82, 2.24) is 0 Å². The van der Waals surface area contributed by atoms with E-state index in [1.165, 1.54) is 0 Å². The summed E-state index contributed by atoms with van der Waals surface area (Å²) in [6.45, 7) is 7.33. The summed E-state index contributed by atoms with van der Waals surface area (Å²) in [7, 11) is 1.54. The molecule has 1 aliphatic rings. The number of carbonyl (C=O) groups excluding carboxylic acids is 1. The van der Waals surface area contributed by atoms with Gasteiger partial charge in [-0.05, 0) is 45.4 Å². The second kappa shape index (κ2) is 8.49. The number of hydrogen-bond donors (Lipinski definition) is 1. The van der Waals surface area contributed by atoms with E-state index in [1.54, 1.807) is 39.2 Å². The molecule has 0 bridgehead atoms. The third kappa shape index (κ3) is 4.17. The summed E-state index contributed by atoms with van der Waals surface area (Å²) >= 11 is 0. The van der Waals surface area contributed by atoms with Gasteiger partial charge in [0.15, 0.2) is 11.5 Å². The van der Waals surface area contributed by atoms with Gasteiger partial charge in [-0.15, -0.1) is 0 Å². The summed E-state index contributed by atoms with van der Waals surface area (Å²) in [4.78, 5) is 12.6. The van der Waals surface area contributed by atoms with Crippen molar-refractivity contribution >= 4 is 5.97 Å². The highest BCUT2D eigenvalue weighted by Crippen LogP contribution is 2.42. The standard InChI is InChI=1S/C20H24N2O5/c1-6-25-20(23)17-12(4)27-19(22)14(10-21)18(17)13-7-8-15(24-5)16(9-13)26-11(2)3/h7-9,11,18H,6,22H2,1-5H3. The molecular formula is C20H24N2O5. The predicted octanol–water partition coefficient (Wildman–Crippen LogP) is 3.13. The molecule has 0 aromatic heterocycles. The maximum Gasteiger partial charge on any atom is 0.338 e. The maximum absolute atomic E-state index is 12.6. The molecule has 2 N–H and O–H groups in total. The van der Waals surface area contributed by atoms with Crippen LogP contribution in [0.1, 0.15) is 39.2 Å². The molecule has 1 heterocycles. The van der Waals surface area contributed by atoms with Crippen LogP contribution in [-0.2, 0) is 14.3 Å². The number of nitriles is 1. The van der Waals surface area contributed by atoms with E-state index in [2.05, 4.69) is 6.07 Å². The van der Waals surface area contributed by atoms with Crippen molar-refractivity contribution in [2.45, 2.75) is 39.7 Å². The Bertz CT molecular complexity index is 833. The van der Waals surface area contributed by atoms with Crippen molar-refractivity contribution in [3.63, 3.8) is 0 Å². The van der Waals surface area contributed by atoms with Gasteiger partial charge in [0.25, 0.3) is 0 Å². The minimum absolute atomic E-state index is 0.0322. The lowest BCUT2D eigenvalue weighted by Gasteiger charge is -2.27. The Kier molecular flexibility index (Phi) is 6.35. The van der Waals surface area contributed by atoms with Gasteiger partial charge in [0.1, 0.15) is 17.4 Å². The van der Waals surface area contributed by atoms with E-state index < -0.39 is 11.9 Å². The zero-order valence-electron chi connectivity index (χ0n) is 16.2. The number of carbonyl (C=O) groups is 1. The van der Waals surface area contributed by atoms with Crippen molar-refractivity contribution in [1.29, 1.82) is 5.26 Å². The van der Waals surface area contributed by atoms with Crippen LogP contribution < -0.4 is 15.2 Å². The van der Waals surface area contributed by atoms with Crippen molar-refractivity contribution in [3.05, 3.63) is 46.6 Å². The van der Waals surface area contributed by atoms with Gasteiger partial charge < -0.3 is 24.7 Å². The quantitative estimate of drug-likeness (QED) is 0.765. The highest BCUT2D eigenvalue weighted by atomic mass is 16.5. The maximum atomic E-state index is 12.6. The number of hydrogen-bond acceptors (Lipinski definition) is 7. The van der Waals surface area contributed by atoms with E-state index in [4.69, 9.17) is 24.7 Å². The van der Waals surface area contributed by atoms with Crippen LogP contribution in [0.4, 0.5) is 0 Å². The molecule has 1 aromatic carbocycles. The van der Waals surface area contributed by atoms with Crippen LogP contribution in [0.2, 0.25) is 0 Å². The molecule has 0 aliphatic carbocycles. The molecule has 0 spiro atoms. The van der Waals surface area contributed by atoms with Crippen molar-refractivity contribution in [2.24, 2.45) is 5.73 Å². The Balaban J connectivity index is 2.64. The Morgan fingerprint density at radius 1 is 1.37 bits per heavy atom. The largest absolute Gasteiger partial charge is 0.493 e. The van der Waals surface area contributed by atoms with Crippen molar-refractivity contribution in [3.8, 4) is 17.6 Å². The first kappa shape index (κ1) is 20.2. The van der Waals surface area contributed by atoms with E-state index in [0.29, 0.717) is 22.8 Å². The third-order valence-corrected chi connectivity index (χ3v) is 3.98. The smallest absolute Gasteiger partial charge is 0.338 e. The average molecular weight is 372 g/mol. The first-order valence-corrected chi connectivity index (χ1v) is 8.64. The van der Waals surface area contributed by atoms with Gasteiger partial charge in [-0.1, -0.05) is 6.07 Å². The summed E-state index contributed by atoms with van der Waals surface area (Å²) in [5.74, 6) is 0.0551. The SMILES string of the molecule is CCOC(=O)C1=C(C)OC(N)=C(C#N)C1c1ccc(OC)c(OC(C)C)c1. The second-order valence-electron chi connectivity index (χ2n) is 6.19. The number of rotatable bonds is 6. The predicted molar refractivity (Wildman–Crippen MR) is 98.7 cm³/mol.